The first kappa shape index (κ1) is 12.4. The zero-order chi connectivity index (χ0) is 12.8. The second kappa shape index (κ2) is 6.01. The zero-order valence-corrected chi connectivity index (χ0v) is 9.84. The van der Waals surface area contributed by atoms with Gasteiger partial charge in [0.25, 0.3) is 0 Å². The molecule has 2 N–H and O–H groups in total. The van der Waals surface area contributed by atoms with Crippen LogP contribution in [0.25, 0.3) is 0 Å². The van der Waals surface area contributed by atoms with Crippen LogP contribution in [0, 0.1) is 11.3 Å². The largest absolute Gasteiger partial charge is 0.467 e. The third-order valence-corrected chi connectivity index (χ3v) is 2.59. The van der Waals surface area contributed by atoms with Crippen LogP contribution in [0.5, 0.6) is 0 Å². The van der Waals surface area contributed by atoms with E-state index in [-0.39, 0.29) is 0 Å². The third kappa shape index (κ3) is 3.20. The number of furan rings is 1. The maximum absolute atomic E-state index is 9.78. The highest BCUT2D eigenvalue weighted by Crippen LogP contribution is 2.12. The minimum atomic E-state index is -0.654. The summed E-state index contributed by atoms with van der Waals surface area (Å²) in [6, 6.07) is 13.0. The highest BCUT2D eigenvalue weighted by Gasteiger charge is 2.09. The second-order valence-corrected chi connectivity index (χ2v) is 3.97. The van der Waals surface area contributed by atoms with Gasteiger partial charge in [0, 0.05) is 13.1 Å². The van der Waals surface area contributed by atoms with Gasteiger partial charge in [0.05, 0.1) is 17.9 Å². The maximum atomic E-state index is 9.78. The van der Waals surface area contributed by atoms with Crippen molar-refractivity contribution in [3.63, 3.8) is 0 Å². The lowest BCUT2D eigenvalue weighted by Crippen LogP contribution is -2.20. The molecule has 1 atom stereocenters. The lowest BCUT2D eigenvalue weighted by atomic mass is 10.1. The van der Waals surface area contributed by atoms with E-state index in [0.717, 1.165) is 5.56 Å². The van der Waals surface area contributed by atoms with Crippen LogP contribution < -0.4 is 5.32 Å². The monoisotopic (exact) mass is 242 g/mol. The van der Waals surface area contributed by atoms with Crippen molar-refractivity contribution in [1.29, 1.82) is 5.26 Å². The molecule has 0 saturated carbocycles. The number of aliphatic hydroxyl groups is 1. The van der Waals surface area contributed by atoms with Gasteiger partial charge in [-0.2, -0.15) is 5.26 Å². The smallest absolute Gasteiger partial charge is 0.133 e. The molecule has 1 aromatic carbocycles. The Morgan fingerprint density at radius 1 is 1.33 bits per heavy atom. The SMILES string of the molecule is N#Cc1cccc(CNCC(O)c2ccco2)c1. The van der Waals surface area contributed by atoms with Gasteiger partial charge in [0.2, 0.25) is 0 Å². The number of hydrogen-bond donors (Lipinski definition) is 2. The van der Waals surface area contributed by atoms with Crippen LogP contribution in [-0.4, -0.2) is 11.7 Å². The number of rotatable bonds is 5. The van der Waals surface area contributed by atoms with Gasteiger partial charge in [0.1, 0.15) is 11.9 Å². The minimum absolute atomic E-state index is 0.407. The van der Waals surface area contributed by atoms with Gasteiger partial charge < -0.3 is 14.8 Å². The van der Waals surface area contributed by atoms with E-state index >= 15 is 0 Å². The van der Waals surface area contributed by atoms with Crippen molar-refractivity contribution < 1.29 is 9.52 Å². The Hall–Kier alpha value is -2.09. The van der Waals surface area contributed by atoms with Crippen molar-refractivity contribution in [3.8, 4) is 6.07 Å². The Morgan fingerprint density at radius 3 is 2.94 bits per heavy atom. The van der Waals surface area contributed by atoms with E-state index in [2.05, 4.69) is 11.4 Å². The zero-order valence-electron chi connectivity index (χ0n) is 9.84. The number of nitriles is 1. The van der Waals surface area contributed by atoms with E-state index in [1.165, 1.54) is 6.26 Å². The van der Waals surface area contributed by atoms with Gasteiger partial charge in [-0.3, -0.25) is 0 Å². The Morgan fingerprint density at radius 2 is 2.22 bits per heavy atom. The molecule has 0 bridgehead atoms. The van der Waals surface area contributed by atoms with Crippen LogP contribution in [0.2, 0.25) is 0 Å². The Bertz CT molecular complexity index is 529. The predicted molar refractivity (Wildman–Crippen MR) is 66.5 cm³/mol. The van der Waals surface area contributed by atoms with Crippen molar-refractivity contribution >= 4 is 0 Å². The Balaban J connectivity index is 1.83. The number of nitrogens with zero attached hydrogens (tertiary/aromatic N) is 1. The van der Waals surface area contributed by atoms with Gasteiger partial charge in [-0.15, -0.1) is 0 Å². The molecule has 1 aromatic heterocycles. The number of benzene rings is 1. The summed E-state index contributed by atoms with van der Waals surface area (Å²) in [5.74, 6) is 0.549. The van der Waals surface area contributed by atoms with Crippen molar-refractivity contribution in [2.45, 2.75) is 12.6 Å². The molecule has 1 unspecified atom stereocenters. The van der Waals surface area contributed by atoms with Crippen LogP contribution in [-0.2, 0) is 6.54 Å². The number of aliphatic hydroxyl groups excluding tert-OH is 1. The quantitative estimate of drug-likeness (QED) is 0.841. The van der Waals surface area contributed by atoms with Crippen molar-refractivity contribution in [2.75, 3.05) is 6.54 Å². The molecule has 0 saturated heterocycles. The lowest BCUT2D eigenvalue weighted by Gasteiger charge is -2.09. The van der Waals surface area contributed by atoms with E-state index in [1.807, 2.05) is 18.2 Å². The van der Waals surface area contributed by atoms with Crippen LogP contribution in [0.15, 0.2) is 47.1 Å². The second-order valence-electron chi connectivity index (χ2n) is 3.97. The maximum Gasteiger partial charge on any atom is 0.133 e. The molecule has 0 amide bonds. The number of hydrogen-bond acceptors (Lipinski definition) is 4. The molecular formula is C14H14N2O2. The molecule has 0 aliphatic rings. The third-order valence-electron chi connectivity index (χ3n) is 2.59. The molecule has 4 nitrogen and oxygen atoms in total. The molecule has 2 rings (SSSR count). The molecule has 18 heavy (non-hydrogen) atoms. The summed E-state index contributed by atoms with van der Waals surface area (Å²) in [5, 5.41) is 21.7. The molecular weight excluding hydrogens is 228 g/mol. The van der Waals surface area contributed by atoms with E-state index in [9.17, 15) is 5.11 Å². The van der Waals surface area contributed by atoms with Gasteiger partial charge in [-0.05, 0) is 29.8 Å². The first-order valence-electron chi connectivity index (χ1n) is 5.71. The summed E-state index contributed by atoms with van der Waals surface area (Å²) in [4.78, 5) is 0. The van der Waals surface area contributed by atoms with Crippen molar-refractivity contribution in [2.24, 2.45) is 0 Å². The summed E-state index contributed by atoms with van der Waals surface area (Å²) < 4.78 is 5.10. The fraction of sp³-hybridized carbons (Fsp3) is 0.214. The summed E-state index contributed by atoms with van der Waals surface area (Å²) in [5.41, 5.74) is 1.65. The molecule has 2 aromatic rings. The Labute approximate surface area is 105 Å². The highest BCUT2D eigenvalue weighted by molar-refractivity contribution is 5.32. The average molecular weight is 242 g/mol. The molecule has 0 aliphatic carbocycles. The first-order valence-corrected chi connectivity index (χ1v) is 5.71. The standard InChI is InChI=1S/C14H14N2O2/c15-8-11-3-1-4-12(7-11)9-16-10-13(17)14-5-2-6-18-14/h1-7,13,16-17H,9-10H2. The van der Waals surface area contributed by atoms with Gasteiger partial charge in [-0.1, -0.05) is 12.1 Å². The molecule has 0 fully saturated rings. The summed E-state index contributed by atoms with van der Waals surface area (Å²) in [7, 11) is 0. The predicted octanol–water partition coefficient (Wildman–Crippen LogP) is 1.97. The van der Waals surface area contributed by atoms with Gasteiger partial charge >= 0.3 is 0 Å². The van der Waals surface area contributed by atoms with Gasteiger partial charge in [0.15, 0.2) is 0 Å². The normalized spacial score (nSPS) is 12.0. The minimum Gasteiger partial charge on any atom is -0.467 e. The van der Waals surface area contributed by atoms with E-state index in [1.54, 1.807) is 18.2 Å². The van der Waals surface area contributed by atoms with Crippen molar-refractivity contribution in [1.82, 2.24) is 5.32 Å². The summed E-state index contributed by atoms with van der Waals surface area (Å²) in [6.45, 7) is 1.01. The molecule has 92 valence electrons. The number of nitrogens with one attached hydrogen (secondary N) is 1. The molecule has 0 radical (unpaired) electrons. The molecule has 4 heteroatoms. The Kier molecular flexibility index (Phi) is 4.13. The first-order chi connectivity index (χ1) is 8.79. The fourth-order valence-corrected chi connectivity index (χ4v) is 1.69. The molecule has 0 aliphatic heterocycles. The van der Waals surface area contributed by atoms with E-state index in [0.29, 0.717) is 24.4 Å². The molecule has 1 heterocycles. The highest BCUT2D eigenvalue weighted by atomic mass is 16.4. The van der Waals surface area contributed by atoms with E-state index < -0.39 is 6.10 Å². The van der Waals surface area contributed by atoms with Crippen LogP contribution in [0.3, 0.4) is 0 Å². The topological polar surface area (TPSA) is 69.2 Å². The molecule has 0 spiro atoms. The van der Waals surface area contributed by atoms with Crippen molar-refractivity contribution in [3.05, 3.63) is 59.5 Å². The van der Waals surface area contributed by atoms with Crippen LogP contribution in [0.4, 0.5) is 0 Å². The fourth-order valence-electron chi connectivity index (χ4n) is 1.69. The van der Waals surface area contributed by atoms with Crippen LogP contribution >= 0.6 is 0 Å². The average Bonchev–Trinajstić information content (AvgIpc) is 2.93. The summed E-state index contributed by atoms with van der Waals surface area (Å²) in [6.07, 6.45) is 0.883. The summed E-state index contributed by atoms with van der Waals surface area (Å²) >= 11 is 0. The lowest BCUT2D eigenvalue weighted by molar-refractivity contribution is 0.147. The van der Waals surface area contributed by atoms with Gasteiger partial charge in [-0.25, -0.2) is 0 Å². The van der Waals surface area contributed by atoms with E-state index in [4.69, 9.17) is 9.68 Å². The van der Waals surface area contributed by atoms with Crippen LogP contribution in [0.1, 0.15) is 23.0 Å².